The van der Waals surface area contributed by atoms with Crippen LogP contribution in [0.3, 0.4) is 0 Å². The Kier molecular flexibility index (Phi) is 4.76. The molecule has 1 N–H and O–H groups in total. The SMILES string of the molecule is c1cncc(-c2ccc3c(c2)Oc2ccccc2C3C2CC3CCC(C2)N3Cc2ncc[nH]2)c1. The van der Waals surface area contributed by atoms with E-state index in [1.54, 1.807) is 0 Å². The lowest BCUT2D eigenvalue weighted by atomic mass is 9.72. The van der Waals surface area contributed by atoms with Crippen molar-refractivity contribution >= 4 is 0 Å². The number of hydrogen-bond donors (Lipinski definition) is 1. The van der Waals surface area contributed by atoms with Gasteiger partial charge in [-0.05, 0) is 55.4 Å². The average Bonchev–Trinajstić information content (AvgIpc) is 3.47. The summed E-state index contributed by atoms with van der Waals surface area (Å²) in [4.78, 5) is 14.8. The largest absolute Gasteiger partial charge is 0.457 e. The first-order valence-corrected chi connectivity index (χ1v) is 12.4. The van der Waals surface area contributed by atoms with Gasteiger partial charge in [0.2, 0.25) is 0 Å². The zero-order valence-electron chi connectivity index (χ0n) is 19.1. The van der Waals surface area contributed by atoms with Gasteiger partial charge < -0.3 is 9.72 Å². The normalized spacial score (nSPS) is 25.4. The van der Waals surface area contributed by atoms with Crippen molar-refractivity contribution in [3.63, 3.8) is 0 Å². The molecule has 3 aliphatic heterocycles. The van der Waals surface area contributed by atoms with Gasteiger partial charge in [-0.15, -0.1) is 0 Å². The number of rotatable bonds is 4. The molecule has 2 saturated heterocycles. The number of aromatic amines is 1. The van der Waals surface area contributed by atoms with E-state index in [1.807, 2.05) is 30.9 Å². The molecule has 4 aromatic rings. The maximum Gasteiger partial charge on any atom is 0.131 e. The van der Waals surface area contributed by atoms with Crippen molar-refractivity contribution in [3.8, 4) is 22.6 Å². The van der Waals surface area contributed by atoms with Crippen LogP contribution in [-0.4, -0.2) is 31.9 Å². The molecule has 2 aromatic heterocycles. The summed E-state index contributed by atoms with van der Waals surface area (Å²) in [5.41, 5.74) is 4.94. The molecule has 2 fully saturated rings. The average molecular weight is 449 g/mol. The lowest BCUT2D eigenvalue weighted by Gasteiger charge is -2.43. The zero-order chi connectivity index (χ0) is 22.5. The highest BCUT2D eigenvalue weighted by atomic mass is 16.5. The number of piperidine rings is 1. The Morgan fingerprint density at radius 3 is 2.53 bits per heavy atom. The third-order valence-corrected chi connectivity index (χ3v) is 8.10. The van der Waals surface area contributed by atoms with E-state index in [0.717, 1.165) is 35.0 Å². The van der Waals surface area contributed by atoms with Crippen LogP contribution in [0.1, 0.15) is 48.6 Å². The van der Waals surface area contributed by atoms with Gasteiger partial charge in [0.1, 0.15) is 17.3 Å². The zero-order valence-corrected chi connectivity index (χ0v) is 19.1. The second-order valence-electron chi connectivity index (χ2n) is 9.94. The summed E-state index contributed by atoms with van der Waals surface area (Å²) in [5, 5.41) is 0. The molecule has 34 heavy (non-hydrogen) atoms. The molecular formula is C29H28N4O. The van der Waals surface area contributed by atoms with E-state index in [0.29, 0.717) is 23.9 Å². The maximum atomic E-state index is 6.48. The fourth-order valence-electron chi connectivity index (χ4n) is 6.62. The van der Waals surface area contributed by atoms with Crippen LogP contribution in [0.2, 0.25) is 0 Å². The van der Waals surface area contributed by atoms with Crippen LogP contribution in [0.5, 0.6) is 11.5 Å². The van der Waals surface area contributed by atoms with Crippen LogP contribution in [-0.2, 0) is 6.54 Å². The third kappa shape index (κ3) is 3.34. The number of ether oxygens (including phenoxy) is 1. The Bertz CT molecular complexity index is 1290. The van der Waals surface area contributed by atoms with Crippen LogP contribution in [0.15, 0.2) is 79.4 Å². The number of H-pyrrole nitrogens is 1. The molecule has 3 aliphatic rings. The minimum atomic E-state index is 0.372. The molecule has 0 aliphatic carbocycles. The number of para-hydroxylation sites is 1. The summed E-state index contributed by atoms with van der Waals surface area (Å²) >= 11 is 0. The Morgan fingerprint density at radius 1 is 0.882 bits per heavy atom. The summed E-state index contributed by atoms with van der Waals surface area (Å²) < 4.78 is 6.48. The van der Waals surface area contributed by atoms with Crippen LogP contribution in [0.25, 0.3) is 11.1 Å². The fraction of sp³-hybridized carbons (Fsp3) is 0.310. The quantitative estimate of drug-likeness (QED) is 0.407. The second kappa shape index (κ2) is 8.10. The molecule has 0 radical (unpaired) electrons. The van der Waals surface area contributed by atoms with Gasteiger partial charge in [-0.3, -0.25) is 9.88 Å². The van der Waals surface area contributed by atoms with Gasteiger partial charge in [0.15, 0.2) is 0 Å². The van der Waals surface area contributed by atoms with Crippen molar-refractivity contribution in [2.75, 3.05) is 0 Å². The van der Waals surface area contributed by atoms with Gasteiger partial charge in [-0.2, -0.15) is 0 Å². The first-order valence-electron chi connectivity index (χ1n) is 12.4. The third-order valence-electron chi connectivity index (χ3n) is 8.10. The number of nitrogens with one attached hydrogen (secondary N) is 1. The van der Waals surface area contributed by atoms with Crippen molar-refractivity contribution in [1.82, 2.24) is 19.9 Å². The number of hydrogen-bond acceptors (Lipinski definition) is 4. The predicted octanol–water partition coefficient (Wildman–Crippen LogP) is 6.15. The van der Waals surface area contributed by atoms with Crippen LogP contribution in [0.4, 0.5) is 0 Å². The summed E-state index contributed by atoms with van der Waals surface area (Å²) in [6.45, 7) is 0.935. The molecule has 2 aromatic carbocycles. The van der Waals surface area contributed by atoms with Gasteiger partial charge in [0.05, 0.1) is 6.54 Å². The van der Waals surface area contributed by atoms with E-state index in [4.69, 9.17) is 4.74 Å². The first kappa shape index (κ1) is 20.0. The Morgan fingerprint density at radius 2 is 1.74 bits per heavy atom. The molecule has 170 valence electrons. The lowest BCUT2D eigenvalue weighted by molar-refractivity contribution is 0.0865. The van der Waals surface area contributed by atoms with Crippen molar-refractivity contribution in [3.05, 3.63) is 96.3 Å². The highest BCUT2D eigenvalue weighted by Crippen LogP contribution is 2.53. The number of pyridine rings is 1. The Hall–Kier alpha value is -3.44. The molecule has 3 unspecified atom stereocenters. The van der Waals surface area contributed by atoms with Crippen LogP contribution in [0, 0.1) is 5.92 Å². The molecule has 0 spiro atoms. The van der Waals surface area contributed by atoms with Crippen molar-refractivity contribution in [1.29, 1.82) is 0 Å². The lowest BCUT2D eigenvalue weighted by Crippen LogP contribution is -2.44. The van der Waals surface area contributed by atoms with Gasteiger partial charge in [-0.25, -0.2) is 4.98 Å². The topological polar surface area (TPSA) is 54.0 Å². The first-order chi connectivity index (χ1) is 16.8. The predicted molar refractivity (Wildman–Crippen MR) is 132 cm³/mol. The van der Waals surface area contributed by atoms with E-state index in [1.165, 1.54) is 36.8 Å². The summed E-state index contributed by atoms with van der Waals surface area (Å²) in [5.74, 6) is 4.07. The monoisotopic (exact) mass is 448 g/mol. The molecule has 5 heterocycles. The van der Waals surface area contributed by atoms with Gasteiger partial charge in [0, 0.05) is 59.5 Å². The van der Waals surface area contributed by atoms with Gasteiger partial charge >= 0.3 is 0 Å². The fourth-order valence-corrected chi connectivity index (χ4v) is 6.62. The van der Waals surface area contributed by atoms with E-state index in [2.05, 4.69) is 68.4 Å². The summed E-state index contributed by atoms with van der Waals surface area (Å²) in [6.07, 6.45) is 12.6. The molecule has 0 saturated carbocycles. The van der Waals surface area contributed by atoms with Crippen molar-refractivity contribution in [2.24, 2.45) is 5.92 Å². The highest BCUT2D eigenvalue weighted by molar-refractivity contribution is 5.67. The number of imidazole rings is 1. The Balaban J connectivity index is 1.23. The van der Waals surface area contributed by atoms with Crippen LogP contribution >= 0.6 is 0 Å². The van der Waals surface area contributed by atoms with Crippen molar-refractivity contribution in [2.45, 2.75) is 50.2 Å². The van der Waals surface area contributed by atoms with Crippen molar-refractivity contribution < 1.29 is 4.74 Å². The molecule has 3 atom stereocenters. The Labute approximate surface area is 199 Å². The maximum absolute atomic E-state index is 6.48. The summed E-state index contributed by atoms with van der Waals surface area (Å²) in [6, 6.07) is 20.7. The minimum absolute atomic E-state index is 0.372. The van der Waals surface area contributed by atoms with Gasteiger partial charge in [-0.1, -0.05) is 36.4 Å². The number of nitrogens with zero attached hydrogens (tertiary/aromatic N) is 3. The molecule has 7 rings (SSSR count). The van der Waals surface area contributed by atoms with E-state index in [-0.39, 0.29) is 0 Å². The second-order valence-corrected chi connectivity index (χ2v) is 9.94. The van der Waals surface area contributed by atoms with E-state index in [9.17, 15) is 0 Å². The molecular weight excluding hydrogens is 420 g/mol. The number of benzene rings is 2. The highest BCUT2D eigenvalue weighted by Gasteiger charge is 2.45. The molecule has 5 nitrogen and oxygen atoms in total. The van der Waals surface area contributed by atoms with E-state index < -0.39 is 0 Å². The number of aromatic nitrogens is 3. The molecule has 2 bridgehead atoms. The smallest absolute Gasteiger partial charge is 0.131 e. The minimum Gasteiger partial charge on any atom is -0.457 e. The van der Waals surface area contributed by atoms with Gasteiger partial charge in [0.25, 0.3) is 0 Å². The van der Waals surface area contributed by atoms with E-state index >= 15 is 0 Å². The standard InChI is InChI=1S/C29H28N4O/c1-2-6-26-24(5-1)29(25-10-7-19(16-27(25)34-26)20-4-3-11-30-17-20)21-14-22-8-9-23(15-21)33(22)18-28-31-12-13-32-28/h1-7,10-13,16-17,21-23,29H,8-9,14-15,18H2,(H,31,32). The number of fused-ring (bicyclic) bond motifs is 4. The summed E-state index contributed by atoms with van der Waals surface area (Å²) in [7, 11) is 0. The molecule has 0 amide bonds. The molecule has 5 heteroatoms. The van der Waals surface area contributed by atoms with Crippen LogP contribution < -0.4 is 4.74 Å².